The van der Waals surface area contributed by atoms with Crippen LogP contribution in [-0.2, 0) is 19.5 Å². The number of thiophene rings is 1. The average Bonchev–Trinajstić information content (AvgIpc) is 3.56. The number of halogens is 3. The van der Waals surface area contributed by atoms with Crippen molar-refractivity contribution in [3.05, 3.63) is 51.8 Å². The third-order valence-electron chi connectivity index (χ3n) is 8.89. The zero-order chi connectivity index (χ0) is 31.7. The molecule has 0 atom stereocenters. The van der Waals surface area contributed by atoms with Gasteiger partial charge in [0.25, 0.3) is 0 Å². The number of likely N-dealkylation sites (tertiary alicyclic amines) is 1. The highest BCUT2D eigenvalue weighted by Crippen LogP contribution is 2.38. The van der Waals surface area contributed by atoms with E-state index in [1.807, 2.05) is 6.07 Å². The number of hydrogen-bond acceptors (Lipinski definition) is 9. The number of carboxylic acids is 1. The number of nitrogens with one attached hydrogen (secondary N) is 2. The summed E-state index contributed by atoms with van der Waals surface area (Å²) in [5.74, 6) is -1.16. The van der Waals surface area contributed by atoms with Gasteiger partial charge in [-0.2, -0.15) is 18.4 Å². The van der Waals surface area contributed by atoms with Crippen LogP contribution in [0.25, 0.3) is 21.1 Å². The number of carboxylic acid groups (broad SMARTS) is 1. The Bertz CT molecular complexity index is 1750. The fraction of sp³-hybridized carbons (Fsp3) is 0.484. The molecule has 238 valence electrons. The molecule has 10 nitrogen and oxygen atoms in total. The van der Waals surface area contributed by atoms with Gasteiger partial charge < -0.3 is 20.3 Å². The molecule has 5 heterocycles. The van der Waals surface area contributed by atoms with E-state index in [0.29, 0.717) is 5.69 Å². The molecule has 2 aliphatic rings. The molecule has 0 radical (unpaired) electrons. The summed E-state index contributed by atoms with van der Waals surface area (Å²) < 4.78 is 41.6. The molecular weight excluding hydrogens is 605 g/mol. The van der Waals surface area contributed by atoms with E-state index in [1.54, 1.807) is 0 Å². The lowest BCUT2D eigenvalue weighted by Crippen LogP contribution is -2.44. The molecule has 3 N–H and O–H groups in total. The minimum atomic E-state index is -4.53. The van der Waals surface area contributed by atoms with Gasteiger partial charge in [0.1, 0.15) is 28.7 Å². The van der Waals surface area contributed by atoms with Crippen molar-refractivity contribution in [3.63, 3.8) is 0 Å². The largest absolute Gasteiger partial charge is 0.478 e. The third kappa shape index (κ3) is 6.76. The number of aromatic carboxylic acids is 1. The number of piperazine rings is 1. The number of rotatable bonds is 9. The summed E-state index contributed by atoms with van der Waals surface area (Å²) in [7, 11) is 0. The number of carbonyl (C=O) groups is 1. The summed E-state index contributed by atoms with van der Waals surface area (Å²) >= 11 is 0.748. The summed E-state index contributed by atoms with van der Waals surface area (Å²) in [5.41, 5.74) is 3.75. The molecule has 1 aromatic carbocycles. The number of hydrogen-bond donors (Lipinski definition) is 3. The lowest BCUT2D eigenvalue weighted by atomic mass is 10.0. The van der Waals surface area contributed by atoms with Gasteiger partial charge in [-0.1, -0.05) is 6.07 Å². The van der Waals surface area contributed by atoms with Gasteiger partial charge in [-0.25, -0.2) is 14.8 Å². The molecule has 45 heavy (non-hydrogen) atoms. The van der Waals surface area contributed by atoms with Gasteiger partial charge in [-0.05, 0) is 43.0 Å². The topological polar surface area (TPSA) is 122 Å². The number of anilines is 1. The van der Waals surface area contributed by atoms with Crippen molar-refractivity contribution < 1.29 is 23.1 Å². The van der Waals surface area contributed by atoms with E-state index < -0.39 is 18.6 Å². The molecule has 0 unspecified atom stereocenters. The van der Waals surface area contributed by atoms with Crippen LogP contribution < -0.4 is 10.6 Å². The Balaban J connectivity index is 1.12. The molecule has 0 spiro atoms. The maximum absolute atomic E-state index is 13.2. The van der Waals surface area contributed by atoms with Crippen LogP contribution in [0.1, 0.15) is 44.9 Å². The second kappa shape index (κ2) is 12.9. The van der Waals surface area contributed by atoms with Crippen molar-refractivity contribution in [2.45, 2.75) is 51.5 Å². The highest BCUT2D eigenvalue weighted by atomic mass is 32.1. The molecule has 2 saturated heterocycles. The van der Waals surface area contributed by atoms with Gasteiger partial charge in [0.2, 0.25) is 0 Å². The van der Waals surface area contributed by atoms with Crippen molar-refractivity contribution in [2.24, 2.45) is 0 Å². The van der Waals surface area contributed by atoms with Crippen LogP contribution in [0.2, 0.25) is 0 Å². The highest BCUT2D eigenvalue weighted by Gasteiger charge is 2.34. The minimum Gasteiger partial charge on any atom is -0.478 e. The molecule has 0 saturated carbocycles. The molecule has 14 heteroatoms. The highest BCUT2D eigenvalue weighted by molar-refractivity contribution is 7.19. The van der Waals surface area contributed by atoms with Crippen LogP contribution in [0.15, 0.2) is 24.5 Å². The van der Waals surface area contributed by atoms with E-state index in [1.165, 1.54) is 17.5 Å². The number of aromatic nitrogens is 3. The maximum atomic E-state index is 13.2. The predicted octanol–water partition coefficient (Wildman–Crippen LogP) is 4.61. The van der Waals surface area contributed by atoms with E-state index in [-0.39, 0.29) is 32.5 Å². The SMILES string of the molecule is Cc1c(CN2CCC(Nc3ncnc4sc(CC(F)(F)F)c(C(=O)O)c34)CC2)ccc2c1cc(C#N)n2CCN1CCNCC1. The lowest BCUT2D eigenvalue weighted by Gasteiger charge is -2.33. The van der Waals surface area contributed by atoms with Gasteiger partial charge in [-0.3, -0.25) is 9.80 Å². The lowest BCUT2D eigenvalue weighted by molar-refractivity contribution is -0.126. The summed E-state index contributed by atoms with van der Waals surface area (Å²) in [6.45, 7) is 10.1. The number of benzene rings is 1. The summed E-state index contributed by atoms with van der Waals surface area (Å²) in [4.78, 5) is 25.1. The Morgan fingerprint density at radius 2 is 1.91 bits per heavy atom. The van der Waals surface area contributed by atoms with Crippen LogP contribution in [0, 0.1) is 18.3 Å². The average molecular weight is 641 g/mol. The van der Waals surface area contributed by atoms with Crippen molar-refractivity contribution in [1.29, 1.82) is 5.26 Å². The van der Waals surface area contributed by atoms with E-state index >= 15 is 0 Å². The quantitative estimate of drug-likeness (QED) is 0.241. The Labute approximate surface area is 262 Å². The van der Waals surface area contributed by atoms with Gasteiger partial charge in [0, 0.05) is 80.7 Å². The zero-order valence-corrected chi connectivity index (χ0v) is 25.8. The van der Waals surface area contributed by atoms with Gasteiger partial charge in [0.15, 0.2) is 0 Å². The molecule has 4 aromatic rings. The fourth-order valence-corrected chi connectivity index (χ4v) is 7.65. The molecule has 0 aliphatic carbocycles. The first kappa shape index (κ1) is 31.2. The van der Waals surface area contributed by atoms with Gasteiger partial charge in [-0.15, -0.1) is 11.3 Å². The Morgan fingerprint density at radius 3 is 2.60 bits per heavy atom. The minimum absolute atomic E-state index is 0.0153. The Kier molecular flexibility index (Phi) is 8.96. The first-order valence-electron chi connectivity index (χ1n) is 15.1. The van der Waals surface area contributed by atoms with Crippen LogP contribution >= 0.6 is 11.3 Å². The van der Waals surface area contributed by atoms with Crippen molar-refractivity contribution in [1.82, 2.24) is 29.7 Å². The molecular formula is C31H35F3N8O2S. The number of alkyl halides is 3. The molecule has 2 fully saturated rings. The van der Waals surface area contributed by atoms with Gasteiger partial charge >= 0.3 is 12.1 Å². The van der Waals surface area contributed by atoms with E-state index in [0.717, 1.165) is 94.0 Å². The van der Waals surface area contributed by atoms with Crippen LogP contribution in [0.5, 0.6) is 0 Å². The first-order chi connectivity index (χ1) is 21.6. The standard InChI is InChI=1S/C31H35F3N8O2S/c1-19-20(2-3-24-23(19)14-22(16-35)42(24)13-12-40-10-6-36-7-11-40)17-41-8-4-21(5-9-41)39-28-27-26(30(43)44)25(15-31(32,33)34)45-29(27)38-18-37-28/h2-3,14,18,21,36H,4-13,15,17H2,1H3,(H,43,44)(H,37,38,39). The number of piperidine rings is 1. The van der Waals surface area contributed by atoms with Crippen molar-refractivity contribution >= 4 is 44.2 Å². The van der Waals surface area contributed by atoms with Crippen LogP contribution in [0.4, 0.5) is 19.0 Å². The van der Waals surface area contributed by atoms with E-state index in [9.17, 15) is 28.3 Å². The Morgan fingerprint density at radius 1 is 1.16 bits per heavy atom. The molecule has 0 bridgehead atoms. The predicted molar refractivity (Wildman–Crippen MR) is 167 cm³/mol. The second-order valence-electron chi connectivity index (χ2n) is 11.8. The number of fused-ring (bicyclic) bond motifs is 2. The summed E-state index contributed by atoms with van der Waals surface area (Å²) in [6.07, 6.45) is -3.08. The first-order valence-corrected chi connectivity index (χ1v) is 15.9. The normalized spacial score (nSPS) is 17.2. The molecule has 0 amide bonds. The van der Waals surface area contributed by atoms with Crippen molar-refractivity contribution in [3.8, 4) is 6.07 Å². The molecule has 2 aliphatic heterocycles. The van der Waals surface area contributed by atoms with E-state index in [4.69, 9.17) is 0 Å². The van der Waals surface area contributed by atoms with Crippen molar-refractivity contribution in [2.75, 3.05) is 51.1 Å². The monoisotopic (exact) mass is 640 g/mol. The Hall–Kier alpha value is -3.77. The maximum Gasteiger partial charge on any atom is 0.393 e. The molecule has 6 rings (SSSR count). The number of aryl methyl sites for hydroxylation is 1. The summed E-state index contributed by atoms with van der Waals surface area (Å²) in [6, 6.07) is 8.65. The van der Waals surface area contributed by atoms with Crippen LogP contribution in [-0.4, -0.2) is 93.4 Å². The number of nitriles is 1. The smallest absolute Gasteiger partial charge is 0.393 e. The molecule has 3 aromatic heterocycles. The van der Waals surface area contributed by atoms with Crippen LogP contribution in [0.3, 0.4) is 0 Å². The zero-order valence-electron chi connectivity index (χ0n) is 25.0. The van der Waals surface area contributed by atoms with E-state index in [2.05, 4.69) is 60.1 Å². The number of nitrogens with zero attached hydrogens (tertiary/aromatic N) is 6. The van der Waals surface area contributed by atoms with Gasteiger partial charge in [0.05, 0.1) is 17.4 Å². The second-order valence-corrected chi connectivity index (χ2v) is 12.8. The fourth-order valence-electron chi connectivity index (χ4n) is 6.49. The third-order valence-corrected chi connectivity index (χ3v) is 9.99. The summed E-state index contributed by atoms with van der Waals surface area (Å²) in [5, 5.41) is 27.6.